The lowest BCUT2D eigenvalue weighted by Gasteiger charge is -2.28. The van der Waals surface area contributed by atoms with Crippen molar-refractivity contribution in [1.82, 2.24) is 19.5 Å². The van der Waals surface area contributed by atoms with Gasteiger partial charge in [-0.1, -0.05) is 12.1 Å². The van der Waals surface area contributed by atoms with Crippen molar-refractivity contribution in [1.29, 1.82) is 0 Å². The van der Waals surface area contributed by atoms with Crippen LogP contribution >= 0.6 is 0 Å². The second-order valence-electron chi connectivity index (χ2n) is 9.80. The van der Waals surface area contributed by atoms with Crippen LogP contribution in [0.5, 0.6) is 0 Å². The molecule has 40 heavy (non-hydrogen) atoms. The summed E-state index contributed by atoms with van der Waals surface area (Å²) in [5.41, 5.74) is 4.95. The number of nitrogens with two attached hydrogens (primary N) is 1. The predicted octanol–water partition coefficient (Wildman–Crippen LogP) is -0.306. The summed E-state index contributed by atoms with van der Waals surface area (Å²) in [6.07, 6.45) is -1.60. The molecule has 0 saturated carbocycles. The third-order valence-corrected chi connectivity index (χ3v) is 7.29. The Labute approximate surface area is 225 Å². The number of primary amides is 1. The number of anilines is 1. The Morgan fingerprint density at radius 1 is 1.25 bits per heavy atom. The fourth-order valence-electron chi connectivity index (χ4n) is 5.23. The number of carbonyl (C=O) groups excluding carboxylic acids is 1. The largest absolute Gasteiger partial charge is 0.394 e. The number of halogens is 1. The first-order chi connectivity index (χ1) is 19.3. The number of imidazole rings is 1. The van der Waals surface area contributed by atoms with E-state index in [9.17, 15) is 24.5 Å². The number of aliphatic hydroxyl groups excluding tert-OH is 3. The molecule has 3 aliphatic rings. The van der Waals surface area contributed by atoms with Gasteiger partial charge in [0.25, 0.3) is 0 Å². The Bertz CT molecular complexity index is 1460. The Morgan fingerprint density at radius 3 is 2.67 bits per heavy atom. The lowest BCUT2D eigenvalue weighted by Crippen LogP contribution is -2.42. The van der Waals surface area contributed by atoms with E-state index in [1.165, 1.54) is 41.4 Å². The maximum absolute atomic E-state index is 13.7. The normalized spacial score (nSPS) is 30.4. The molecule has 1 amide bonds. The monoisotopic (exact) mass is 555 g/mol. The first-order valence-corrected chi connectivity index (χ1v) is 12.6. The van der Waals surface area contributed by atoms with Gasteiger partial charge in [0.15, 0.2) is 34.6 Å². The molecule has 1 aromatic carbocycles. The molecule has 210 valence electrons. The van der Waals surface area contributed by atoms with E-state index in [1.54, 1.807) is 0 Å². The average Bonchev–Trinajstić information content (AvgIpc) is 3.75. The second-order valence-corrected chi connectivity index (χ2v) is 9.80. The van der Waals surface area contributed by atoms with Crippen LogP contribution < -0.4 is 11.1 Å². The Balaban J connectivity index is 1.53. The number of benzene rings is 1. The zero-order valence-electron chi connectivity index (χ0n) is 20.9. The molecular weight excluding hydrogens is 529 g/mol. The van der Waals surface area contributed by atoms with Crippen LogP contribution in [0.15, 0.2) is 46.0 Å². The van der Waals surface area contributed by atoms with Gasteiger partial charge < -0.3 is 35.8 Å². The summed E-state index contributed by atoms with van der Waals surface area (Å²) in [5.74, 6) is -2.30. The number of amides is 1. The van der Waals surface area contributed by atoms with Crippen LogP contribution in [0.3, 0.4) is 0 Å². The van der Waals surface area contributed by atoms with Gasteiger partial charge in [0.1, 0.15) is 30.0 Å². The molecule has 0 bridgehead atoms. The Kier molecular flexibility index (Phi) is 6.71. The Hall–Kier alpha value is -3.96. The highest BCUT2D eigenvalue weighted by molar-refractivity contribution is 5.92. The van der Waals surface area contributed by atoms with Crippen LogP contribution in [0.2, 0.25) is 0 Å². The van der Waals surface area contributed by atoms with Crippen molar-refractivity contribution in [3.8, 4) is 0 Å². The third-order valence-electron chi connectivity index (χ3n) is 7.29. The molecule has 16 heteroatoms. The third kappa shape index (κ3) is 4.29. The molecule has 3 aromatic rings. The van der Waals surface area contributed by atoms with Crippen molar-refractivity contribution < 1.29 is 34.0 Å². The van der Waals surface area contributed by atoms with Crippen molar-refractivity contribution in [2.75, 3.05) is 25.1 Å². The van der Waals surface area contributed by atoms with Crippen LogP contribution in [-0.2, 0) is 19.8 Å². The molecule has 2 saturated heterocycles. The van der Waals surface area contributed by atoms with Gasteiger partial charge in [0.05, 0.1) is 31.8 Å². The first kappa shape index (κ1) is 26.3. The minimum Gasteiger partial charge on any atom is -0.394 e. The maximum Gasteiger partial charge on any atom is 0.228 e. The van der Waals surface area contributed by atoms with E-state index >= 15 is 0 Å². The van der Waals surface area contributed by atoms with Gasteiger partial charge in [-0.25, -0.2) is 19.3 Å². The highest BCUT2D eigenvalue weighted by atomic mass is 19.1. The van der Waals surface area contributed by atoms with E-state index in [-0.39, 0.29) is 23.3 Å². The lowest BCUT2D eigenvalue weighted by atomic mass is 9.79. The quantitative estimate of drug-likeness (QED) is 0.244. The van der Waals surface area contributed by atoms with Crippen molar-refractivity contribution in [2.24, 2.45) is 21.2 Å². The highest BCUT2D eigenvalue weighted by Gasteiger charge is 2.50. The van der Waals surface area contributed by atoms with Crippen LogP contribution in [-0.4, -0.2) is 91.1 Å². The van der Waals surface area contributed by atoms with Crippen molar-refractivity contribution in [3.63, 3.8) is 0 Å². The smallest absolute Gasteiger partial charge is 0.228 e. The molecule has 2 aromatic heterocycles. The van der Waals surface area contributed by atoms with E-state index in [4.69, 9.17) is 20.2 Å². The zero-order valence-corrected chi connectivity index (χ0v) is 20.9. The second kappa shape index (κ2) is 10.2. The number of aliphatic hydroxyl groups is 3. The first-order valence-electron chi connectivity index (χ1n) is 12.6. The number of hydrogen-bond donors (Lipinski definition) is 5. The van der Waals surface area contributed by atoms with Gasteiger partial charge in [0.2, 0.25) is 5.91 Å². The minimum absolute atomic E-state index is 0.0342. The number of carbonyl (C=O) groups is 1. The summed E-state index contributed by atoms with van der Waals surface area (Å²) in [4.78, 5) is 26.7. The number of aromatic nitrogens is 4. The molecule has 6 N–H and O–H groups in total. The Morgan fingerprint density at radius 2 is 2.05 bits per heavy atom. The van der Waals surface area contributed by atoms with Crippen LogP contribution in [0, 0.1) is 5.82 Å². The fraction of sp³-hybridized carbons (Fsp3) is 0.458. The molecule has 7 atom stereocenters. The molecule has 5 heterocycles. The number of fused-ring (bicyclic) bond motifs is 1. The van der Waals surface area contributed by atoms with Crippen LogP contribution in [0.1, 0.15) is 30.0 Å². The zero-order chi connectivity index (χ0) is 28.0. The number of nitrogens with one attached hydrogen (secondary N) is 1. The number of rotatable bonds is 8. The summed E-state index contributed by atoms with van der Waals surface area (Å²) < 4.78 is 26.3. The van der Waals surface area contributed by atoms with Crippen LogP contribution in [0.4, 0.5) is 10.2 Å². The number of hydrogen-bond acceptors (Lipinski definition) is 13. The molecule has 15 nitrogen and oxygen atoms in total. The summed E-state index contributed by atoms with van der Waals surface area (Å²) in [6.45, 7) is 0.449. The van der Waals surface area contributed by atoms with E-state index < -0.39 is 54.3 Å². The summed E-state index contributed by atoms with van der Waals surface area (Å²) in [7, 11) is 0. The minimum atomic E-state index is -1.71. The standard InChI is InChI=1S/C24H26FN9O6/c25-12-3-1-11(2-4-12)15(19(26)38)24(9-28-33-32-24)23-30-20(29-13-5-6-39-8-13)16-21(31-23)34(10-27-16)22-18(37)17(36)14(7-35)40-22/h1-4,9-10,13-15,17-18,22,35-37H,5-8H2,(H2,26,38)(H,29,30,31)/t13-,14-,15?,17-,18+,22-,24?/m1/s1. The molecule has 2 unspecified atom stereocenters. The average molecular weight is 556 g/mol. The number of nitrogens with zero attached hydrogens (tertiary/aromatic N) is 7. The van der Waals surface area contributed by atoms with E-state index in [0.29, 0.717) is 30.7 Å². The molecule has 0 spiro atoms. The topological polar surface area (TPSA) is 215 Å². The van der Waals surface area contributed by atoms with Gasteiger partial charge in [-0.05, 0) is 29.3 Å². The van der Waals surface area contributed by atoms with Gasteiger partial charge >= 0.3 is 0 Å². The van der Waals surface area contributed by atoms with Crippen molar-refractivity contribution in [2.45, 2.75) is 48.5 Å². The van der Waals surface area contributed by atoms with E-state index in [0.717, 1.165) is 0 Å². The van der Waals surface area contributed by atoms with Crippen molar-refractivity contribution >= 4 is 29.1 Å². The fourth-order valence-corrected chi connectivity index (χ4v) is 5.23. The molecule has 2 fully saturated rings. The maximum atomic E-state index is 13.7. The highest BCUT2D eigenvalue weighted by Crippen LogP contribution is 2.42. The van der Waals surface area contributed by atoms with Crippen LogP contribution in [0.25, 0.3) is 11.2 Å². The van der Waals surface area contributed by atoms with Gasteiger partial charge in [0, 0.05) is 6.61 Å². The van der Waals surface area contributed by atoms with Gasteiger partial charge in [-0.3, -0.25) is 9.36 Å². The van der Waals surface area contributed by atoms with Gasteiger partial charge in [-0.15, -0.1) is 10.2 Å². The SMILES string of the molecule is NC(=O)C(c1ccc(F)cc1)C1(c2nc(N[C@@H]3CCOC3)c3ncn([C@@H]4O[C@H](CO)[C@@H](O)[C@@H]4O)c3n2)C=NN=N1. The molecule has 0 aliphatic carbocycles. The molecule has 0 radical (unpaired) electrons. The van der Waals surface area contributed by atoms with E-state index in [1.807, 2.05) is 0 Å². The summed E-state index contributed by atoms with van der Waals surface area (Å²) in [6, 6.07) is 5.09. The molecule has 3 aliphatic heterocycles. The summed E-state index contributed by atoms with van der Waals surface area (Å²) in [5, 5.41) is 45.8. The van der Waals surface area contributed by atoms with Gasteiger partial charge in [-0.2, -0.15) is 0 Å². The molecule has 6 rings (SSSR count). The van der Waals surface area contributed by atoms with Crippen molar-refractivity contribution in [3.05, 3.63) is 47.8 Å². The molecular formula is C24H26FN9O6. The van der Waals surface area contributed by atoms with E-state index in [2.05, 4.69) is 30.7 Å². The lowest BCUT2D eigenvalue weighted by molar-refractivity contribution is -0.120. The predicted molar refractivity (Wildman–Crippen MR) is 135 cm³/mol. The number of ether oxygens (including phenoxy) is 2. The summed E-state index contributed by atoms with van der Waals surface area (Å²) >= 11 is 0.